The molecule has 2 bridgehead atoms. The molecule has 3 rings (SSSR count). The molecule has 20 heavy (non-hydrogen) atoms. The smallest absolute Gasteiger partial charge is 0.165 e. The lowest BCUT2D eigenvalue weighted by Gasteiger charge is -2.38. The summed E-state index contributed by atoms with van der Waals surface area (Å²) in [5.41, 5.74) is 0.693. The van der Waals surface area contributed by atoms with Gasteiger partial charge in [-0.15, -0.1) is 0 Å². The molecule has 108 valence electrons. The molecule has 2 nitrogen and oxygen atoms in total. The molecule has 0 spiro atoms. The molecule has 1 aromatic rings. The van der Waals surface area contributed by atoms with Crippen molar-refractivity contribution in [2.75, 3.05) is 0 Å². The van der Waals surface area contributed by atoms with E-state index < -0.39 is 5.82 Å². The zero-order valence-electron chi connectivity index (χ0n) is 12.3. The van der Waals surface area contributed by atoms with E-state index in [2.05, 4.69) is 20.8 Å². The zero-order valence-corrected chi connectivity index (χ0v) is 12.3. The Balaban J connectivity index is 1.85. The summed E-state index contributed by atoms with van der Waals surface area (Å²) in [6.07, 6.45) is 4.10. The van der Waals surface area contributed by atoms with Crippen LogP contribution in [-0.2, 0) is 0 Å². The number of hydrogen-bond acceptors (Lipinski definition) is 2. The molecule has 0 N–H and O–H groups in total. The first-order valence-corrected chi connectivity index (χ1v) is 7.30. The normalized spacial score (nSPS) is 34.2. The van der Waals surface area contributed by atoms with Crippen molar-refractivity contribution >= 4 is 6.29 Å². The first-order chi connectivity index (χ1) is 9.38. The number of aldehydes is 1. The topological polar surface area (TPSA) is 26.3 Å². The van der Waals surface area contributed by atoms with Crippen LogP contribution in [0.25, 0.3) is 0 Å². The van der Waals surface area contributed by atoms with Gasteiger partial charge in [0, 0.05) is 11.0 Å². The van der Waals surface area contributed by atoms with Gasteiger partial charge in [-0.2, -0.15) is 0 Å². The summed E-state index contributed by atoms with van der Waals surface area (Å²) in [5, 5.41) is 0. The number of fused-ring (bicyclic) bond motifs is 2. The number of ether oxygens (including phenoxy) is 1. The second-order valence-corrected chi connectivity index (χ2v) is 7.02. The van der Waals surface area contributed by atoms with E-state index in [4.69, 9.17) is 4.74 Å². The van der Waals surface area contributed by atoms with E-state index in [9.17, 15) is 9.18 Å². The number of carbonyl (C=O) groups excluding carboxylic acids is 1. The zero-order chi connectivity index (χ0) is 14.5. The number of hydrogen-bond donors (Lipinski definition) is 0. The molecule has 0 amide bonds. The summed E-state index contributed by atoms with van der Waals surface area (Å²) in [5.74, 6) is 0.485. The van der Waals surface area contributed by atoms with Crippen LogP contribution in [0.1, 0.15) is 50.4 Å². The third kappa shape index (κ3) is 1.72. The maximum atomic E-state index is 14.0. The Morgan fingerprint density at radius 2 is 2.10 bits per heavy atom. The van der Waals surface area contributed by atoms with Gasteiger partial charge in [0.05, 0.1) is 0 Å². The van der Waals surface area contributed by atoms with Gasteiger partial charge in [-0.05, 0) is 48.8 Å². The van der Waals surface area contributed by atoms with Crippen molar-refractivity contribution in [3.05, 3.63) is 29.6 Å². The van der Waals surface area contributed by atoms with Crippen molar-refractivity contribution in [1.29, 1.82) is 0 Å². The van der Waals surface area contributed by atoms with E-state index >= 15 is 0 Å². The molecular weight excluding hydrogens is 255 g/mol. The van der Waals surface area contributed by atoms with Crippen molar-refractivity contribution in [3.8, 4) is 5.75 Å². The highest BCUT2D eigenvalue weighted by atomic mass is 19.1. The molecular formula is C17H21FO2. The maximum absolute atomic E-state index is 14.0. The monoisotopic (exact) mass is 276 g/mol. The minimum absolute atomic E-state index is 0.0628. The summed E-state index contributed by atoms with van der Waals surface area (Å²) >= 11 is 0. The van der Waals surface area contributed by atoms with E-state index in [1.807, 2.05) is 0 Å². The van der Waals surface area contributed by atoms with Crippen molar-refractivity contribution in [2.24, 2.45) is 16.7 Å². The molecule has 3 atom stereocenters. The Morgan fingerprint density at radius 1 is 1.35 bits per heavy atom. The van der Waals surface area contributed by atoms with Crippen LogP contribution < -0.4 is 4.74 Å². The average molecular weight is 276 g/mol. The molecule has 0 radical (unpaired) electrons. The van der Waals surface area contributed by atoms with Crippen LogP contribution >= 0.6 is 0 Å². The lowest BCUT2D eigenvalue weighted by molar-refractivity contribution is 0.0278. The molecule has 2 fully saturated rings. The van der Waals surface area contributed by atoms with Gasteiger partial charge in [-0.3, -0.25) is 4.79 Å². The molecule has 0 aliphatic heterocycles. The van der Waals surface area contributed by atoms with Crippen LogP contribution in [0.2, 0.25) is 0 Å². The Labute approximate surface area is 119 Å². The average Bonchev–Trinajstić information content (AvgIpc) is 2.74. The highest BCUT2D eigenvalue weighted by Gasteiger charge is 2.62. The standard InChI is InChI=1S/C17H21FO2/c1-16(2)12-6-7-17(16,3)15(9-12)20-14-5-4-11(10-19)8-13(14)18/h4-5,8,10,12,15H,6-7,9H2,1-3H3. The second kappa shape index (κ2) is 4.31. The van der Waals surface area contributed by atoms with Gasteiger partial charge in [0.2, 0.25) is 0 Å². The molecule has 0 aromatic heterocycles. The molecule has 3 heteroatoms. The fraction of sp³-hybridized carbons (Fsp3) is 0.588. The largest absolute Gasteiger partial charge is 0.487 e. The Bertz CT molecular complexity index is 552. The molecule has 2 aliphatic carbocycles. The number of halogens is 1. The van der Waals surface area contributed by atoms with Crippen LogP contribution in [0, 0.1) is 22.6 Å². The summed E-state index contributed by atoms with van der Waals surface area (Å²) in [6, 6.07) is 4.41. The number of carbonyl (C=O) groups is 1. The highest BCUT2D eigenvalue weighted by molar-refractivity contribution is 5.74. The van der Waals surface area contributed by atoms with Crippen molar-refractivity contribution in [2.45, 2.75) is 46.1 Å². The van der Waals surface area contributed by atoms with Crippen molar-refractivity contribution < 1.29 is 13.9 Å². The maximum Gasteiger partial charge on any atom is 0.165 e. The van der Waals surface area contributed by atoms with Gasteiger partial charge in [0.1, 0.15) is 12.4 Å². The minimum Gasteiger partial charge on any atom is -0.487 e. The van der Waals surface area contributed by atoms with Gasteiger partial charge < -0.3 is 4.74 Å². The first-order valence-electron chi connectivity index (χ1n) is 7.30. The highest BCUT2D eigenvalue weighted by Crippen LogP contribution is 2.66. The number of benzene rings is 1. The van der Waals surface area contributed by atoms with E-state index in [0.717, 1.165) is 12.8 Å². The first kappa shape index (κ1) is 13.6. The van der Waals surface area contributed by atoms with Crippen molar-refractivity contribution in [3.63, 3.8) is 0 Å². The predicted molar refractivity (Wildman–Crippen MR) is 75.4 cm³/mol. The third-order valence-corrected chi connectivity index (χ3v) is 6.08. The molecule has 0 heterocycles. The summed E-state index contributed by atoms with van der Waals surface area (Å²) in [6.45, 7) is 6.88. The van der Waals surface area contributed by atoms with Gasteiger partial charge in [0.25, 0.3) is 0 Å². The Morgan fingerprint density at radius 3 is 2.60 bits per heavy atom. The number of rotatable bonds is 3. The van der Waals surface area contributed by atoms with Crippen LogP contribution in [-0.4, -0.2) is 12.4 Å². The molecule has 2 aliphatic rings. The molecule has 0 saturated heterocycles. The van der Waals surface area contributed by atoms with Crippen LogP contribution in [0.3, 0.4) is 0 Å². The Kier molecular flexibility index (Phi) is 2.93. The quantitative estimate of drug-likeness (QED) is 0.772. The van der Waals surface area contributed by atoms with Gasteiger partial charge in [0.15, 0.2) is 11.6 Å². The van der Waals surface area contributed by atoms with E-state index in [-0.39, 0.29) is 22.7 Å². The molecule has 2 saturated carbocycles. The van der Waals surface area contributed by atoms with E-state index in [0.29, 0.717) is 17.8 Å². The SMILES string of the molecule is CC1(C)C2CCC1(C)C(Oc1ccc(C=O)cc1F)C2. The fourth-order valence-electron chi connectivity index (χ4n) is 4.15. The lowest BCUT2D eigenvalue weighted by Crippen LogP contribution is -2.39. The predicted octanol–water partition coefficient (Wildman–Crippen LogP) is 4.23. The van der Waals surface area contributed by atoms with Crippen LogP contribution in [0.5, 0.6) is 5.75 Å². The van der Waals surface area contributed by atoms with Crippen molar-refractivity contribution in [1.82, 2.24) is 0 Å². The van der Waals surface area contributed by atoms with Gasteiger partial charge >= 0.3 is 0 Å². The van der Waals surface area contributed by atoms with Crippen LogP contribution in [0.4, 0.5) is 4.39 Å². The lowest BCUT2D eigenvalue weighted by atomic mass is 9.70. The molecule has 3 unspecified atom stereocenters. The second-order valence-electron chi connectivity index (χ2n) is 7.02. The van der Waals surface area contributed by atoms with E-state index in [1.54, 1.807) is 12.1 Å². The Hall–Kier alpha value is -1.38. The van der Waals surface area contributed by atoms with Gasteiger partial charge in [-0.1, -0.05) is 20.8 Å². The molecule has 1 aromatic carbocycles. The summed E-state index contributed by atoms with van der Waals surface area (Å²) in [7, 11) is 0. The van der Waals surface area contributed by atoms with Crippen LogP contribution in [0.15, 0.2) is 18.2 Å². The third-order valence-electron chi connectivity index (χ3n) is 6.08. The summed E-state index contributed by atoms with van der Waals surface area (Å²) < 4.78 is 20.0. The minimum atomic E-state index is -0.446. The summed E-state index contributed by atoms with van der Waals surface area (Å²) in [4.78, 5) is 10.6. The van der Waals surface area contributed by atoms with Gasteiger partial charge in [-0.25, -0.2) is 4.39 Å². The fourth-order valence-corrected chi connectivity index (χ4v) is 4.15. The van der Waals surface area contributed by atoms with E-state index in [1.165, 1.54) is 12.5 Å².